The molecule has 0 unspecified atom stereocenters. The van der Waals surface area contributed by atoms with Gasteiger partial charge in [0.25, 0.3) is 0 Å². The van der Waals surface area contributed by atoms with E-state index >= 15 is 0 Å². The highest BCUT2D eigenvalue weighted by Gasteiger charge is 2.04. The fourth-order valence-electron chi connectivity index (χ4n) is 0.774. The van der Waals surface area contributed by atoms with Gasteiger partial charge in [0.1, 0.15) is 4.34 Å². The topological polar surface area (TPSA) is 39.2 Å². The van der Waals surface area contributed by atoms with Gasteiger partial charge in [0.2, 0.25) is 0 Å². The van der Waals surface area contributed by atoms with Gasteiger partial charge in [-0.1, -0.05) is 25.1 Å². The Morgan fingerprint density at radius 3 is 3.21 bits per heavy atom. The van der Waals surface area contributed by atoms with E-state index in [0.717, 1.165) is 17.2 Å². The number of thioether (sulfide) groups is 1. The van der Waals surface area contributed by atoms with E-state index in [4.69, 9.17) is 4.74 Å². The van der Waals surface area contributed by atoms with Crippen LogP contribution in [0.4, 0.5) is 0 Å². The Balaban J connectivity index is 2.09. The molecule has 3 nitrogen and oxygen atoms in total. The summed E-state index contributed by atoms with van der Waals surface area (Å²) in [5.74, 6) is 0.204. The molecule has 14 heavy (non-hydrogen) atoms. The van der Waals surface area contributed by atoms with Gasteiger partial charge < -0.3 is 4.74 Å². The fraction of sp³-hybridized carbons (Fsp3) is 0.556. The molecule has 0 aliphatic rings. The minimum atomic E-state index is -0.154. The van der Waals surface area contributed by atoms with Gasteiger partial charge in [-0.25, -0.2) is 4.98 Å². The molecule has 0 saturated carbocycles. The number of esters is 1. The molecular weight excluding hydrogens is 218 g/mol. The van der Waals surface area contributed by atoms with E-state index in [0.29, 0.717) is 12.4 Å². The summed E-state index contributed by atoms with van der Waals surface area (Å²) in [5, 5.41) is 1.89. The van der Waals surface area contributed by atoms with Crippen molar-refractivity contribution in [1.82, 2.24) is 4.98 Å². The molecule has 0 aliphatic heterocycles. The first kappa shape index (κ1) is 11.5. The highest BCUT2D eigenvalue weighted by atomic mass is 32.2. The number of hydrogen-bond acceptors (Lipinski definition) is 5. The Morgan fingerprint density at radius 1 is 1.71 bits per heavy atom. The Hall–Kier alpha value is -0.550. The lowest BCUT2D eigenvalue weighted by atomic mass is 10.4. The van der Waals surface area contributed by atoms with Crippen molar-refractivity contribution in [2.75, 3.05) is 12.4 Å². The second-order valence-corrected chi connectivity index (χ2v) is 4.78. The Morgan fingerprint density at radius 2 is 2.57 bits per heavy atom. The summed E-state index contributed by atoms with van der Waals surface area (Å²) < 4.78 is 5.91. The summed E-state index contributed by atoms with van der Waals surface area (Å²) in [6.07, 6.45) is 3.72. The van der Waals surface area contributed by atoms with Crippen molar-refractivity contribution in [2.24, 2.45) is 0 Å². The van der Waals surface area contributed by atoms with Crippen molar-refractivity contribution < 1.29 is 9.53 Å². The smallest absolute Gasteiger partial charge is 0.316 e. The maximum atomic E-state index is 11.1. The summed E-state index contributed by atoms with van der Waals surface area (Å²) in [4.78, 5) is 15.2. The molecular formula is C9H13NO2S2. The van der Waals surface area contributed by atoms with E-state index in [-0.39, 0.29) is 5.97 Å². The van der Waals surface area contributed by atoms with E-state index in [2.05, 4.69) is 11.9 Å². The zero-order valence-electron chi connectivity index (χ0n) is 8.06. The molecule has 1 heterocycles. The molecule has 5 heteroatoms. The van der Waals surface area contributed by atoms with Crippen molar-refractivity contribution >= 4 is 29.1 Å². The largest absolute Gasteiger partial charge is 0.465 e. The second kappa shape index (κ2) is 6.84. The molecule has 0 saturated heterocycles. The van der Waals surface area contributed by atoms with Crippen LogP contribution in [0.3, 0.4) is 0 Å². The third-order valence-corrected chi connectivity index (χ3v) is 3.42. The minimum absolute atomic E-state index is 0.154. The van der Waals surface area contributed by atoms with Crippen LogP contribution in [-0.2, 0) is 9.53 Å². The van der Waals surface area contributed by atoms with Gasteiger partial charge in [0, 0.05) is 11.6 Å². The lowest BCUT2D eigenvalue weighted by molar-refractivity contribution is -0.140. The maximum Gasteiger partial charge on any atom is 0.316 e. The molecule has 0 aromatic carbocycles. The zero-order valence-corrected chi connectivity index (χ0v) is 9.70. The lowest BCUT2D eigenvalue weighted by Crippen LogP contribution is -2.08. The number of ether oxygens (including phenoxy) is 1. The average Bonchev–Trinajstić information content (AvgIpc) is 2.68. The summed E-state index contributed by atoms with van der Waals surface area (Å²) >= 11 is 2.96. The van der Waals surface area contributed by atoms with Crippen LogP contribution in [0.2, 0.25) is 0 Å². The van der Waals surface area contributed by atoms with Gasteiger partial charge in [-0.2, -0.15) is 0 Å². The molecule has 0 amide bonds. The number of unbranched alkanes of at least 4 members (excludes halogenated alkanes) is 1. The van der Waals surface area contributed by atoms with Crippen LogP contribution in [0, 0.1) is 0 Å². The zero-order chi connectivity index (χ0) is 10.2. The first-order chi connectivity index (χ1) is 6.83. The molecule has 0 radical (unpaired) electrons. The Bertz CT molecular complexity index is 262. The van der Waals surface area contributed by atoms with Gasteiger partial charge in [-0.3, -0.25) is 4.79 Å². The average molecular weight is 231 g/mol. The van der Waals surface area contributed by atoms with Crippen molar-refractivity contribution in [2.45, 2.75) is 24.1 Å². The van der Waals surface area contributed by atoms with Crippen molar-refractivity contribution in [1.29, 1.82) is 0 Å². The van der Waals surface area contributed by atoms with E-state index in [1.54, 1.807) is 6.20 Å². The molecule has 0 spiro atoms. The van der Waals surface area contributed by atoms with Gasteiger partial charge in [0.05, 0.1) is 12.4 Å². The van der Waals surface area contributed by atoms with Crippen LogP contribution in [0.1, 0.15) is 19.8 Å². The molecule has 1 rings (SSSR count). The number of rotatable bonds is 6. The molecule has 1 aromatic rings. The van der Waals surface area contributed by atoms with Crippen LogP contribution in [-0.4, -0.2) is 23.3 Å². The normalized spacial score (nSPS) is 10.1. The highest BCUT2D eigenvalue weighted by molar-refractivity contribution is 8.01. The Kier molecular flexibility index (Phi) is 5.63. The molecule has 0 fully saturated rings. The van der Waals surface area contributed by atoms with Crippen LogP contribution in [0.25, 0.3) is 0 Å². The number of thiazole rings is 1. The van der Waals surface area contributed by atoms with Crippen LogP contribution in [0.5, 0.6) is 0 Å². The molecule has 0 N–H and O–H groups in total. The van der Waals surface area contributed by atoms with Crippen LogP contribution < -0.4 is 0 Å². The van der Waals surface area contributed by atoms with Crippen molar-refractivity contribution in [3.05, 3.63) is 11.6 Å². The van der Waals surface area contributed by atoms with Gasteiger partial charge in [-0.15, -0.1) is 11.3 Å². The Labute approximate surface area is 91.9 Å². The predicted molar refractivity (Wildman–Crippen MR) is 58.7 cm³/mol. The van der Waals surface area contributed by atoms with Gasteiger partial charge in [-0.05, 0) is 6.42 Å². The molecule has 0 atom stereocenters. The summed E-state index contributed by atoms with van der Waals surface area (Å²) in [7, 11) is 0. The minimum Gasteiger partial charge on any atom is -0.465 e. The van der Waals surface area contributed by atoms with Gasteiger partial charge >= 0.3 is 5.97 Å². The highest BCUT2D eigenvalue weighted by Crippen LogP contribution is 2.19. The summed E-state index contributed by atoms with van der Waals surface area (Å²) in [6, 6.07) is 0. The fourth-order valence-corrected chi connectivity index (χ4v) is 2.21. The van der Waals surface area contributed by atoms with Gasteiger partial charge in [0.15, 0.2) is 0 Å². The van der Waals surface area contributed by atoms with E-state index in [1.165, 1.54) is 23.1 Å². The molecule has 1 aromatic heterocycles. The van der Waals surface area contributed by atoms with Crippen LogP contribution >= 0.6 is 23.1 Å². The maximum absolute atomic E-state index is 11.1. The molecule has 78 valence electrons. The number of carbonyl (C=O) groups excluding carboxylic acids is 1. The quantitative estimate of drug-likeness (QED) is 0.428. The number of hydrogen-bond donors (Lipinski definition) is 0. The second-order valence-electron chi connectivity index (χ2n) is 2.66. The van der Waals surface area contributed by atoms with E-state index < -0.39 is 0 Å². The van der Waals surface area contributed by atoms with Crippen molar-refractivity contribution in [3.63, 3.8) is 0 Å². The standard InChI is InChI=1S/C9H13NO2S2/c1-2-3-5-12-8(11)7-14-9-10-4-6-13-9/h4,6H,2-3,5,7H2,1H3. The summed E-state index contributed by atoms with van der Waals surface area (Å²) in [6.45, 7) is 2.60. The SMILES string of the molecule is CCCCOC(=O)CSc1nccs1. The first-order valence-electron chi connectivity index (χ1n) is 4.51. The number of carbonyl (C=O) groups is 1. The first-order valence-corrected chi connectivity index (χ1v) is 6.37. The van der Waals surface area contributed by atoms with E-state index in [1.807, 2.05) is 5.38 Å². The lowest BCUT2D eigenvalue weighted by Gasteiger charge is -2.01. The van der Waals surface area contributed by atoms with E-state index in [9.17, 15) is 4.79 Å². The third-order valence-electron chi connectivity index (χ3n) is 1.48. The third kappa shape index (κ3) is 4.62. The number of aromatic nitrogens is 1. The van der Waals surface area contributed by atoms with Crippen molar-refractivity contribution in [3.8, 4) is 0 Å². The number of nitrogens with zero attached hydrogens (tertiary/aromatic N) is 1. The predicted octanol–water partition coefficient (Wildman–Crippen LogP) is 2.58. The summed E-state index contributed by atoms with van der Waals surface area (Å²) in [5.41, 5.74) is 0. The van der Waals surface area contributed by atoms with Crippen LogP contribution in [0.15, 0.2) is 15.9 Å². The molecule has 0 bridgehead atoms. The molecule has 0 aliphatic carbocycles. The monoisotopic (exact) mass is 231 g/mol.